The predicted octanol–water partition coefficient (Wildman–Crippen LogP) is 4.78. The highest BCUT2D eigenvalue weighted by molar-refractivity contribution is 7.91. The number of benzene rings is 2. The molecular weight excluding hydrogens is 407 g/mol. The molecule has 1 aromatic heterocycles. The third-order valence-electron chi connectivity index (χ3n) is 4.52. The summed E-state index contributed by atoms with van der Waals surface area (Å²) in [7, 11) is -3.50. The van der Waals surface area contributed by atoms with Gasteiger partial charge >= 0.3 is 6.18 Å². The van der Waals surface area contributed by atoms with Gasteiger partial charge in [-0.3, -0.25) is 0 Å². The Bertz CT molecular complexity index is 1120. The van der Waals surface area contributed by atoms with Crippen LogP contribution in [-0.4, -0.2) is 24.9 Å². The van der Waals surface area contributed by atoms with Crippen molar-refractivity contribution in [3.63, 3.8) is 0 Å². The fraction of sp³-hybridized carbons (Fsp3) is 0.263. The highest BCUT2D eigenvalue weighted by Crippen LogP contribution is 2.34. The van der Waals surface area contributed by atoms with Crippen LogP contribution in [0.15, 0.2) is 52.9 Å². The third-order valence-corrected chi connectivity index (χ3v) is 6.54. The number of nitrogens with zero attached hydrogens (tertiary/aromatic N) is 2. The van der Waals surface area contributed by atoms with Crippen LogP contribution in [0, 0.1) is 0 Å². The number of anilines is 2. The lowest BCUT2D eigenvalue weighted by Gasteiger charge is -2.17. The Morgan fingerprint density at radius 2 is 1.59 bits per heavy atom. The third kappa shape index (κ3) is 4.26. The molecule has 6 nitrogen and oxygen atoms in total. The number of hydrogen-bond acceptors (Lipinski definition) is 6. The van der Waals surface area contributed by atoms with Crippen molar-refractivity contribution in [3.05, 3.63) is 60.0 Å². The van der Waals surface area contributed by atoms with Gasteiger partial charge in [-0.15, -0.1) is 10.2 Å². The Kier molecular flexibility index (Phi) is 5.16. The number of hydrogen-bond donors (Lipinski definition) is 1. The minimum Gasteiger partial charge on any atom is -0.419 e. The molecular formula is C19H18F3N3O3S. The number of para-hydroxylation sites is 1. The zero-order chi connectivity index (χ0) is 21.4. The summed E-state index contributed by atoms with van der Waals surface area (Å²) in [4.78, 5) is 0. The van der Waals surface area contributed by atoms with Crippen molar-refractivity contribution in [1.82, 2.24) is 10.2 Å². The Morgan fingerprint density at radius 3 is 2.17 bits per heavy atom. The summed E-state index contributed by atoms with van der Waals surface area (Å²) in [6.07, 6.45) is -3.33. The normalized spacial score (nSPS) is 12.8. The quantitative estimate of drug-likeness (QED) is 0.633. The standard InChI is InChI=1S/C19H18F3N3O3S/c1-18(2,29(3,26)27)17-25-24-16(28-17)14-6-4-5-7-15(14)23-13-10-8-12(9-11-13)19(20,21)22/h4-11,23H,1-3H3. The van der Waals surface area contributed by atoms with E-state index in [2.05, 4.69) is 15.5 Å². The Balaban J connectivity index is 1.93. The molecule has 3 aromatic rings. The molecule has 0 fully saturated rings. The van der Waals surface area contributed by atoms with E-state index in [0.29, 0.717) is 16.9 Å². The van der Waals surface area contributed by atoms with Crippen molar-refractivity contribution in [2.75, 3.05) is 11.6 Å². The van der Waals surface area contributed by atoms with Crippen molar-refractivity contribution >= 4 is 21.2 Å². The fourth-order valence-electron chi connectivity index (χ4n) is 2.41. The smallest absolute Gasteiger partial charge is 0.416 e. The molecule has 0 saturated heterocycles. The molecule has 0 aliphatic rings. The lowest BCUT2D eigenvalue weighted by molar-refractivity contribution is -0.137. The van der Waals surface area contributed by atoms with Crippen molar-refractivity contribution in [1.29, 1.82) is 0 Å². The lowest BCUT2D eigenvalue weighted by Crippen LogP contribution is -2.28. The largest absolute Gasteiger partial charge is 0.419 e. The van der Waals surface area contributed by atoms with Crippen molar-refractivity contribution in [2.24, 2.45) is 0 Å². The molecule has 154 valence electrons. The minimum atomic E-state index is -4.41. The number of rotatable bonds is 5. The summed E-state index contributed by atoms with van der Waals surface area (Å²) in [5.41, 5.74) is 0.678. The molecule has 29 heavy (non-hydrogen) atoms. The zero-order valence-corrected chi connectivity index (χ0v) is 16.6. The maximum atomic E-state index is 12.7. The first-order chi connectivity index (χ1) is 13.4. The van der Waals surface area contributed by atoms with Gasteiger partial charge < -0.3 is 9.73 Å². The van der Waals surface area contributed by atoms with Crippen molar-refractivity contribution in [2.45, 2.75) is 24.8 Å². The summed E-state index contributed by atoms with van der Waals surface area (Å²) in [6, 6.07) is 11.4. The maximum absolute atomic E-state index is 12.7. The molecule has 10 heteroatoms. The number of sulfone groups is 1. The zero-order valence-electron chi connectivity index (χ0n) is 15.8. The molecule has 1 N–H and O–H groups in total. The van der Waals surface area contributed by atoms with Crippen LogP contribution in [0.4, 0.5) is 24.5 Å². The Labute approximate surface area is 165 Å². The molecule has 0 spiro atoms. The maximum Gasteiger partial charge on any atom is 0.416 e. The van der Waals surface area contributed by atoms with Crippen LogP contribution in [0.25, 0.3) is 11.5 Å². The summed E-state index contributed by atoms with van der Waals surface area (Å²) in [5.74, 6) is 0.0334. The minimum absolute atomic E-state index is 0.0562. The molecule has 0 atom stereocenters. The van der Waals surface area contributed by atoms with Gasteiger partial charge in [0.2, 0.25) is 11.8 Å². The molecule has 0 radical (unpaired) electrons. The van der Waals surface area contributed by atoms with Crippen LogP contribution < -0.4 is 5.32 Å². The topological polar surface area (TPSA) is 85.1 Å². The second-order valence-electron chi connectivity index (χ2n) is 6.94. The Hall–Kier alpha value is -2.88. The number of nitrogens with one attached hydrogen (secondary N) is 1. The highest BCUT2D eigenvalue weighted by atomic mass is 32.2. The van der Waals surface area contributed by atoms with Crippen molar-refractivity contribution in [3.8, 4) is 11.5 Å². The van der Waals surface area contributed by atoms with Crippen LogP contribution in [0.1, 0.15) is 25.3 Å². The van der Waals surface area contributed by atoms with Gasteiger partial charge in [0.05, 0.1) is 16.8 Å². The number of alkyl halides is 3. The predicted molar refractivity (Wildman–Crippen MR) is 102 cm³/mol. The van der Waals surface area contributed by atoms with Gasteiger partial charge in [0.25, 0.3) is 0 Å². The van der Waals surface area contributed by atoms with Crippen LogP contribution in [0.3, 0.4) is 0 Å². The van der Waals surface area contributed by atoms with E-state index in [-0.39, 0.29) is 11.8 Å². The molecule has 0 unspecified atom stereocenters. The van der Waals surface area contributed by atoms with E-state index in [1.165, 1.54) is 26.0 Å². The summed E-state index contributed by atoms with van der Waals surface area (Å²) in [5, 5.41) is 10.8. The average Bonchev–Trinajstić information content (AvgIpc) is 3.11. The molecule has 0 amide bonds. The number of halogens is 3. The van der Waals surface area contributed by atoms with Gasteiger partial charge in [-0.2, -0.15) is 13.2 Å². The monoisotopic (exact) mass is 425 g/mol. The first-order valence-corrected chi connectivity index (χ1v) is 10.4. The number of aromatic nitrogens is 2. The van der Waals surface area contributed by atoms with Gasteiger partial charge in [-0.1, -0.05) is 12.1 Å². The van der Waals surface area contributed by atoms with E-state index < -0.39 is 26.3 Å². The van der Waals surface area contributed by atoms with Gasteiger partial charge in [-0.05, 0) is 50.2 Å². The van der Waals surface area contributed by atoms with Crippen molar-refractivity contribution < 1.29 is 26.0 Å². The summed E-state index contributed by atoms with van der Waals surface area (Å²) in [6.45, 7) is 2.93. The van der Waals surface area contributed by atoms with Crippen LogP contribution in [-0.2, 0) is 20.8 Å². The van der Waals surface area contributed by atoms with Gasteiger partial charge in [-0.25, -0.2) is 8.42 Å². The molecule has 0 aliphatic heterocycles. The first kappa shape index (κ1) is 20.8. The molecule has 3 rings (SSSR count). The van der Waals surface area contributed by atoms with E-state index in [1.807, 2.05) is 0 Å². The van der Waals surface area contributed by atoms with Gasteiger partial charge in [0.1, 0.15) is 4.75 Å². The van der Waals surface area contributed by atoms with Crippen LogP contribution in [0.5, 0.6) is 0 Å². The summed E-state index contributed by atoms with van der Waals surface area (Å²) >= 11 is 0. The Morgan fingerprint density at radius 1 is 0.966 bits per heavy atom. The second-order valence-corrected chi connectivity index (χ2v) is 9.51. The highest BCUT2D eigenvalue weighted by Gasteiger charge is 2.38. The van der Waals surface area contributed by atoms with Crippen LogP contribution >= 0.6 is 0 Å². The first-order valence-electron chi connectivity index (χ1n) is 8.47. The van der Waals surface area contributed by atoms with E-state index in [9.17, 15) is 21.6 Å². The lowest BCUT2D eigenvalue weighted by atomic mass is 10.1. The molecule has 2 aromatic carbocycles. The van der Waals surface area contributed by atoms with E-state index in [4.69, 9.17) is 4.42 Å². The summed E-state index contributed by atoms with van der Waals surface area (Å²) < 4.78 is 66.4. The van der Waals surface area contributed by atoms with Gasteiger partial charge in [0, 0.05) is 11.9 Å². The second kappa shape index (κ2) is 7.18. The molecule has 0 bridgehead atoms. The SMILES string of the molecule is CC(C)(c1nnc(-c2ccccc2Nc2ccc(C(F)(F)F)cc2)o1)S(C)(=O)=O. The van der Waals surface area contributed by atoms with Crippen LogP contribution in [0.2, 0.25) is 0 Å². The fourth-order valence-corrected chi connectivity index (χ4v) is 2.81. The van der Waals surface area contributed by atoms with E-state index >= 15 is 0 Å². The molecule has 0 aliphatic carbocycles. The van der Waals surface area contributed by atoms with Gasteiger partial charge in [0.15, 0.2) is 9.84 Å². The van der Waals surface area contributed by atoms with E-state index in [0.717, 1.165) is 18.4 Å². The average molecular weight is 425 g/mol. The van der Waals surface area contributed by atoms with E-state index in [1.54, 1.807) is 24.3 Å². The molecule has 1 heterocycles. The molecule has 0 saturated carbocycles.